The van der Waals surface area contributed by atoms with E-state index in [9.17, 15) is 23.7 Å². The molecule has 0 radical (unpaired) electrons. The molecule has 200 valence electrons. The fourth-order valence-electron chi connectivity index (χ4n) is 3.95. The van der Waals surface area contributed by atoms with Gasteiger partial charge in [-0.1, -0.05) is 30.9 Å². The predicted molar refractivity (Wildman–Crippen MR) is 139 cm³/mol. The van der Waals surface area contributed by atoms with Crippen molar-refractivity contribution in [3.05, 3.63) is 76.1 Å². The summed E-state index contributed by atoms with van der Waals surface area (Å²) in [5.41, 5.74) is 1.07. The summed E-state index contributed by atoms with van der Waals surface area (Å²) < 4.78 is 23.5. The van der Waals surface area contributed by atoms with Gasteiger partial charge in [0.05, 0.1) is 13.0 Å². The molecule has 2 aromatic rings. The minimum absolute atomic E-state index is 0.0712. The molecule has 1 aromatic heterocycles. The Morgan fingerprint density at radius 3 is 2.66 bits per heavy atom. The van der Waals surface area contributed by atoms with Crippen LogP contribution in [0.4, 0.5) is 10.5 Å². The zero-order chi connectivity index (χ0) is 27.2. The lowest BCUT2D eigenvalue weighted by Gasteiger charge is -2.49. The highest BCUT2D eigenvalue weighted by atomic mass is 32.2. The van der Waals surface area contributed by atoms with E-state index >= 15 is 0 Å². The number of anilines is 1. The molecule has 1 aromatic carbocycles. The molecule has 1 saturated heterocycles. The first-order valence-electron chi connectivity index (χ1n) is 11.5. The number of carbonyl (C=O) groups excluding carboxylic acids is 4. The first-order valence-corrected chi connectivity index (χ1v) is 13.7. The summed E-state index contributed by atoms with van der Waals surface area (Å²) in [7, 11) is 0. The molecule has 0 bridgehead atoms. The fraction of sp³-hybridized carbons (Fsp3) is 0.280. The third kappa shape index (κ3) is 6.07. The zero-order valence-corrected chi connectivity index (χ0v) is 21.7. The van der Waals surface area contributed by atoms with E-state index in [1.54, 1.807) is 30.3 Å². The van der Waals surface area contributed by atoms with Gasteiger partial charge in [-0.05, 0) is 40.3 Å². The Hall–Kier alpha value is -3.65. The number of carbonyl (C=O) groups is 4. The number of esters is 1. The minimum atomic E-state index is -1.69. The topological polar surface area (TPSA) is 157 Å². The average molecular weight is 560 g/mol. The average Bonchev–Trinajstić information content (AvgIpc) is 3.42. The molecule has 0 spiro atoms. The third-order valence-corrected chi connectivity index (χ3v) is 8.25. The summed E-state index contributed by atoms with van der Waals surface area (Å²) in [4.78, 5) is 52.5. The van der Waals surface area contributed by atoms with E-state index in [0.717, 1.165) is 9.78 Å². The second-order valence-corrected chi connectivity index (χ2v) is 10.9. The van der Waals surface area contributed by atoms with Crippen molar-refractivity contribution in [3.8, 4) is 0 Å². The van der Waals surface area contributed by atoms with Gasteiger partial charge in [0, 0.05) is 16.1 Å². The Bertz CT molecular complexity index is 1250. The second-order valence-electron chi connectivity index (χ2n) is 8.32. The lowest BCUT2D eigenvalue weighted by Crippen LogP contribution is -2.75. The Labute approximate surface area is 225 Å². The van der Waals surface area contributed by atoms with Crippen LogP contribution < -0.4 is 10.6 Å². The lowest BCUT2D eigenvalue weighted by atomic mass is 10.0. The van der Waals surface area contributed by atoms with Gasteiger partial charge < -0.3 is 24.4 Å². The molecular weight excluding hydrogens is 534 g/mol. The largest absolute Gasteiger partial charge is 0.614 e. The van der Waals surface area contributed by atoms with E-state index < -0.39 is 53.1 Å². The number of β-lactam (4-membered cyclic amide) rings is 1. The van der Waals surface area contributed by atoms with Crippen molar-refractivity contribution in [2.75, 3.05) is 24.3 Å². The summed E-state index contributed by atoms with van der Waals surface area (Å²) >= 11 is -0.291. The number of fused-ring (bicyclic) bond motifs is 1. The number of nitrogens with zero attached hydrogens (tertiary/aromatic N) is 1. The number of aliphatic hydroxyl groups excluding tert-OH is 1. The van der Waals surface area contributed by atoms with Gasteiger partial charge in [-0.3, -0.25) is 19.8 Å². The predicted octanol–water partition coefficient (Wildman–Crippen LogP) is 1.43. The van der Waals surface area contributed by atoms with Crippen LogP contribution >= 0.6 is 11.3 Å². The molecule has 4 rings (SSSR count). The van der Waals surface area contributed by atoms with Crippen LogP contribution in [0.2, 0.25) is 0 Å². The van der Waals surface area contributed by atoms with Gasteiger partial charge in [0.2, 0.25) is 11.3 Å². The highest BCUT2D eigenvalue weighted by molar-refractivity contribution is 7.92. The first kappa shape index (κ1) is 27.4. The maximum Gasteiger partial charge on any atom is 0.411 e. The van der Waals surface area contributed by atoms with Gasteiger partial charge in [0.1, 0.15) is 24.7 Å². The van der Waals surface area contributed by atoms with E-state index in [1.165, 1.54) is 17.4 Å². The highest BCUT2D eigenvalue weighted by Gasteiger charge is 2.61. The molecule has 13 heteroatoms. The van der Waals surface area contributed by atoms with Gasteiger partial charge >= 0.3 is 12.1 Å². The summed E-state index contributed by atoms with van der Waals surface area (Å²) in [6.45, 7) is 2.81. The van der Waals surface area contributed by atoms with Crippen LogP contribution in [0.3, 0.4) is 0 Å². The number of hydrogen-bond donors (Lipinski definition) is 3. The van der Waals surface area contributed by atoms with Crippen LogP contribution in [-0.2, 0) is 48.1 Å². The SMILES string of the molecule is C=CCOC(=O)C1=C(COC(=O)Nc2ccc(CO)cc2)C[S+]([O-])[C@@H]2[C@H](NC(=O)Cc3cccs3)C(=O)N12. The van der Waals surface area contributed by atoms with Gasteiger partial charge in [0.15, 0.2) is 6.04 Å². The van der Waals surface area contributed by atoms with E-state index in [0.29, 0.717) is 11.3 Å². The molecule has 3 amide bonds. The van der Waals surface area contributed by atoms with Crippen LogP contribution in [0, 0.1) is 0 Å². The molecule has 3 atom stereocenters. The quantitative estimate of drug-likeness (QED) is 0.171. The maximum absolute atomic E-state index is 13.1. The number of rotatable bonds is 10. The van der Waals surface area contributed by atoms with Crippen molar-refractivity contribution in [2.24, 2.45) is 0 Å². The first-order chi connectivity index (χ1) is 18.3. The van der Waals surface area contributed by atoms with Crippen molar-refractivity contribution < 1.29 is 38.3 Å². The maximum atomic E-state index is 13.1. The van der Waals surface area contributed by atoms with Gasteiger partial charge in [-0.25, -0.2) is 9.59 Å². The van der Waals surface area contributed by atoms with Crippen LogP contribution in [0.1, 0.15) is 10.4 Å². The lowest BCUT2D eigenvalue weighted by molar-refractivity contribution is -0.152. The second kappa shape index (κ2) is 12.3. The Morgan fingerprint density at radius 2 is 2.00 bits per heavy atom. The van der Waals surface area contributed by atoms with E-state index in [2.05, 4.69) is 17.2 Å². The number of aliphatic hydroxyl groups is 1. The van der Waals surface area contributed by atoms with E-state index in [-0.39, 0.29) is 36.7 Å². The number of amides is 3. The molecule has 0 saturated carbocycles. The van der Waals surface area contributed by atoms with Crippen LogP contribution in [0.15, 0.2) is 65.7 Å². The van der Waals surface area contributed by atoms with Crippen LogP contribution in [-0.4, -0.2) is 68.8 Å². The monoisotopic (exact) mass is 559 g/mol. The summed E-state index contributed by atoms with van der Waals surface area (Å²) in [5, 5.41) is 15.1. The molecular formula is C25H25N3O8S2. The molecule has 0 aliphatic carbocycles. The Kier molecular flexibility index (Phi) is 8.84. The van der Waals surface area contributed by atoms with E-state index in [1.807, 2.05) is 11.4 Å². The molecule has 3 N–H and O–H groups in total. The van der Waals surface area contributed by atoms with Crippen LogP contribution in [0.5, 0.6) is 0 Å². The number of thiophene rings is 1. The minimum Gasteiger partial charge on any atom is -0.614 e. The van der Waals surface area contributed by atoms with Gasteiger partial charge in [-0.2, -0.15) is 0 Å². The van der Waals surface area contributed by atoms with Crippen molar-refractivity contribution in [1.29, 1.82) is 0 Å². The van der Waals surface area contributed by atoms with E-state index in [4.69, 9.17) is 14.6 Å². The Morgan fingerprint density at radius 1 is 1.24 bits per heavy atom. The molecule has 11 nitrogen and oxygen atoms in total. The molecule has 1 fully saturated rings. The van der Waals surface area contributed by atoms with Crippen molar-refractivity contribution in [1.82, 2.24) is 10.2 Å². The smallest absolute Gasteiger partial charge is 0.411 e. The third-order valence-electron chi connectivity index (χ3n) is 5.72. The van der Waals surface area contributed by atoms with Crippen molar-refractivity contribution in [3.63, 3.8) is 0 Å². The normalized spacial score (nSPS) is 20.2. The number of ether oxygens (including phenoxy) is 2. The summed E-state index contributed by atoms with van der Waals surface area (Å²) in [5.74, 6) is -2.04. The standard InChI is InChI=1S/C25H25N3O8S2/c1-2-9-35-24(32)21-16(13-36-25(33)26-17-7-5-15(12-29)6-8-17)14-38(34)23-20(22(31)28(21)23)27-19(30)11-18-4-3-10-37-18/h2-8,10,20,23,29H,1,9,11-14H2,(H,26,33)(H,27,30)/t20-,23-,38?/m1/s1. The highest BCUT2D eigenvalue weighted by Crippen LogP contribution is 2.37. The number of nitrogens with one attached hydrogen (secondary N) is 2. The molecule has 3 heterocycles. The van der Waals surface area contributed by atoms with Crippen molar-refractivity contribution >= 4 is 52.1 Å². The fourth-order valence-corrected chi connectivity index (χ4v) is 6.32. The summed E-state index contributed by atoms with van der Waals surface area (Å²) in [6.07, 6.45) is 0.588. The van der Waals surface area contributed by atoms with Crippen LogP contribution in [0.25, 0.3) is 0 Å². The molecule has 38 heavy (non-hydrogen) atoms. The Balaban J connectivity index is 1.47. The summed E-state index contributed by atoms with van der Waals surface area (Å²) in [6, 6.07) is 8.95. The number of hydrogen-bond acceptors (Lipinski definition) is 9. The van der Waals surface area contributed by atoms with Crippen molar-refractivity contribution in [2.45, 2.75) is 24.4 Å². The molecule has 1 unspecified atom stereocenters. The van der Waals surface area contributed by atoms with Gasteiger partial charge in [-0.15, -0.1) is 11.3 Å². The van der Waals surface area contributed by atoms with Gasteiger partial charge in [0.25, 0.3) is 5.91 Å². The zero-order valence-electron chi connectivity index (χ0n) is 20.1. The molecule has 2 aliphatic rings. The number of benzene rings is 1. The molecule has 2 aliphatic heterocycles.